The molecule has 0 fully saturated rings. The molecule has 3 rings (SSSR count). The van der Waals surface area contributed by atoms with Crippen molar-refractivity contribution in [3.05, 3.63) is 59.2 Å². The van der Waals surface area contributed by atoms with Crippen molar-refractivity contribution < 1.29 is 19.4 Å². The summed E-state index contributed by atoms with van der Waals surface area (Å²) in [6.07, 6.45) is 5.90. The van der Waals surface area contributed by atoms with Crippen LogP contribution in [0.3, 0.4) is 0 Å². The fraction of sp³-hybridized carbons (Fsp3) is 0.250. The minimum absolute atomic E-state index is 0.00386. The summed E-state index contributed by atoms with van der Waals surface area (Å²) < 4.78 is 10.6. The van der Waals surface area contributed by atoms with Crippen molar-refractivity contribution in [2.45, 2.75) is 18.3 Å². The van der Waals surface area contributed by atoms with Gasteiger partial charge in [0.15, 0.2) is 0 Å². The van der Waals surface area contributed by atoms with Crippen molar-refractivity contribution in [2.75, 3.05) is 13.7 Å². The molecule has 0 saturated carbocycles. The first-order chi connectivity index (χ1) is 11.5. The maximum Gasteiger partial charge on any atom is 0.337 e. The number of methoxy groups -OCH3 is 1. The minimum atomic E-state index is -0.640. The normalized spacial score (nSPS) is 22.0. The Morgan fingerprint density at radius 1 is 1.33 bits per heavy atom. The highest BCUT2D eigenvalue weighted by Gasteiger charge is 2.42. The first-order valence-electron chi connectivity index (χ1n) is 7.64. The zero-order valence-corrected chi connectivity index (χ0v) is 13.6. The maximum absolute atomic E-state index is 11.6. The number of esters is 1. The first-order valence-corrected chi connectivity index (χ1v) is 7.64. The number of hydrogen-bond donors (Lipinski definition) is 1. The number of aromatic hydroxyl groups is 1. The van der Waals surface area contributed by atoms with Crippen LogP contribution >= 0.6 is 0 Å². The monoisotopic (exact) mass is 322 g/mol. The summed E-state index contributed by atoms with van der Waals surface area (Å²) in [7, 11) is 1.35. The summed E-state index contributed by atoms with van der Waals surface area (Å²) in [6.45, 7) is 2.35. The van der Waals surface area contributed by atoms with Gasteiger partial charge in [0.1, 0.15) is 18.1 Å². The largest absolute Gasteiger partial charge is 0.508 e. The number of phenols is 1. The van der Waals surface area contributed by atoms with Crippen molar-refractivity contribution in [3.63, 3.8) is 0 Å². The van der Waals surface area contributed by atoms with E-state index in [-0.39, 0.29) is 17.6 Å². The summed E-state index contributed by atoms with van der Waals surface area (Å²) in [6, 6.07) is 12.2. The Morgan fingerprint density at radius 2 is 2.04 bits per heavy atom. The third-order valence-electron chi connectivity index (χ3n) is 4.74. The molecule has 0 aliphatic carbocycles. The molecule has 24 heavy (non-hydrogen) atoms. The summed E-state index contributed by atoms with van der Waals surface area (Å²) in [5.74, 6) is 3.33. The van der Waals surface area contributed by atoms with E-state index < -0.39 is 5.41 Å². The average molecular weight is 322 g/mol. The second-order valence-electron chi connectivity index (χ2n) is 5.92. The summed E-state index contributed by atoms with van der Waals surface area (Å²) in [5, 5.41) is 9.62. The average Bonchev–Trinajstić information content (AvgIpc) is 2.62. The summed E-state index contributed by atoms with van der Waals surface area (Å²) in [4.78, 5) is 11.6. The molecular weight excluding hydrogens is 304 g/mol. The SMILES string of the molecule is C#C[C@]1(c2ccc(C(=O)OC)cc2)COc2cc(O)ccc2[C@H]1C. The Kier molecular flexibility index (Phi) is 3.94. The molecule has 1 heterocycles. The van der Waals surface area contributed by atoms with Crippen LogP contribution in [0.2, 0.25) is 0 Å². The predicted molar refractivity (Wildman–Crippen MR) is 90.3 cm³/mol. The third kappa shape index (κ3) is 2.39. The number of terminal acetylenes is 1. The van der Waals surface area contributed by atoms with Crippen LogP contribution in [0.25, 0.3) is 0 Å². The van der Waals surface area contributed by atoms with E-state index in [4.69, 9.17) is 15.9 Å². The number of carbonyl (C=O) groups is 1. The lowest BCUT2D eigenvalue weighted by molar-refractivity contribution is 0.0600. The van der Waals surface area contributed by atoms with Crippen LogP contribution in [-0.4, -0.2) is 24.8 Å². The molecule has 1 aliphatic rings. The van der Waals surface area contributed by atoms with E-state index in [0.29, 0.717) is 17.9 Å². The Balaban J connectivity index is 2.03. The molecule has 4 nitrogen and oxygen atoms in total. The molecule has 1 aliphatic heterocycles. The lowest BCUT2D eigenvalue weighted by atomic mass is 9.68. The highest BCUT2D eigenvalue weighted by molar-refractivity contribution is 5.89. The predicted octanol–water partition coefficient (Wildman–Crippen LogP) is 3.25. The van der Waals surface area contributed by atoms with E-state index in [9.17, 15) is 9.90 Å². The van der Waals surface area contributed by atoms with Crippen LogP contribution < -0.4 is 4.74 Å². The van der Waals surface area contributed by atoms with Crippen LogP contribution in [0, 0.1) is 12.3 Å². The fourth-order valence-corrected chi connectivity index (χ4v) is 3.19. The van der Waals surface area contributed by atoms with E-state index in [1.165, 1.54) is 7.11 Å². The number of fused-ring (bicyclic) bond motifs is 1. The Labute approximate surface area is 141 Å². The van der Waals surface area contributed by atoms with Crippen molar-refractivity contribution in [1.29, 1.82) is 0 Å². The second-order valence-corrected chi connectivity index (χ2v) is 5.92. The van der Waals surface area contributed by atoms with Gasteiger partial charge in [-0.25, -0.2) is 4.79 Å². The number of ether oxygens (including phenoxy) is 2. The van der Waals surface area contributed by atoms with Gasteiger partial charge in [0, 0.05) is 12.0 Å². The smallest absolute Gasteiger partial charge is 0.337 e. The highest BCUT2D eigenvalue weighted by atomic mass is 16.5. The summed E-state index contributed by atoms with van der Waals surface area (Å²) in [5.41, 5.74) is 1.69. The van der Waals surface area contributed by atoms with E-state index in [0.717, 1.165) is 11.1 Å². The van der Waals surface area contributed by atoms with Crippen molar-refractivity contribution in [2.24, 2.45) is 0 Å². The zero-order chi connectivity index (χ0) is 17.3. The molecule has 0 spiro atoms. The molecule has 0 amide bonds. The lowest BCUT2D eigenvalue weighted by Crippen LogP contribution is -2.40. The Hall–Kier alpha value is -2.93. The van der Waals surface area contributed by atoms with Gasteiger partial charge in [0.05, 0.1) is 18.1 Å². The van der Waals surface area contributed by atoms with Gasteiger partial charge in [0.2, 0.25) is 0 Å². The molecule has 0 unspecified atom stereocenters. The number of benzene rings is 2. The van der Waals surface area contributed by atoms with Crippen LogP contribution in [0.1, 0.15) is 34.3 Å². The van der Waals surface area contributed by atoms with Gasteiger partial charge in [-0.3, -0.25) is 0 Å². The number of carbonyl (C=O) groups excluding carboxylic acids is 1. The topological polar surface area (TPSA) is 55.8 Å². The number of rotatable bonds is 2. The molecule has 0 aromatic heterocycles. The second kappa shape index (κ2) is 5.93. The van der Waals surface area contributed by atoms with Gasteiger partial charge in [0.25, 0.3) is 0 Å². The highest BCUT2D eigenvalue weighted by Crippen LogP contribution is 2.46. The maximum atomic E-state index is 11.6. The van der Waals surface area contributed by atoms with E-state index in [1.807, 2.05) is 25.1 Å². The molecule has 2 atom stereocenters. The molecule has 2 aromatic rings. The third-order valence-corrected chi connectivity index (χ3v) is 4.74. The van der Waals surface area contributed by atoms with Gasteiger partial charge >= 0.3 is 5.97 Å². The van der Waals surface area contributed by atoms with E-state index in [1.54, 1.807) is 24.3 Å². The van der Waals surface area contributed by atoms with Gasteiger partial charge in [-0.1, -0.05) is 31.0 Å². The molecule has 4 heteroatoms. The van der Waals surface area contributed by atoms with Crippen LogP contribution in [0.5, 0.6) is 11.5 Å². The molecular formula is C20H18O4. The molecule has 1 N–H and O–H groups in total. The molecule has 122 valence electrons. The van der Waals surface area contributed by atoms with E-state index in [2.05, 4.69) is 5.92 Å². The lowest BCUT2D eigenvalue weighted by Gasteiger charge is -2.40. The molecule has 0 radical (unpaired) electrons. The zero-order valence-electron chi connectivity index (χ0n) is 13.6. The number of phenolic OH excluding ortho intramolecular Hbond substituents is 1. The minimum Gasteiger partial charge on any atom is -0.508 e. The van der Waals surface area contributed by atoms with Gasteiger partial charge < -0.3 is 14.6 Å². The van der Waals surface area contributed by atoms with Crippen molar-refractivity contribution >= 4 is 5.97 Å². The molecule has 2 aromatic carbocycles. The summed E-state index contributed by atoms with van der Waals surface area (Å²) >= 11 is 0. The van der Waals surface area contributed by atoms with Gasteiger partial charge in [-0.05, 0) is 29.3 Å². The quantitative estimate of drug-likeness (QED) is 0.681. The standard InChI is InChI=1S/C20H18O4/c1-4-20(15-7-5-14(6-8-15)19(22)23-3)12-24-18-11-16(21)9-10-17(18)13(20)2/h1,5-11,13,21H,12H2,2-3H3/t13-,20+/m1/s1. The number of hydrogen-bond acceptors (Lipinski definition) is 4. The Morgan fingerprint density at radius 3 is 2.67 bits per heavy atom. The van der Waals surface area contributed by atoms with E-state index >= 15 is 0 Å². The molecule has 0 saturated heterocycles. The Bertz CT molecular complexity index is 817. The van der Waals surface area contributed by atoms with Crippen LogP contribution in [-0.2, 0) is 10.2 Å². The van der Waals surface area contributed by atoms with Gasteiger partial charge in [-0.15, -0.1) is 6.42 Å². The fourth-order valence-electron chi connectivity index (χ4n) is 3.19. The van der Waals surface area contributed by atoms with Crippen LogP contribution in [0.15, 0.2) is 42.5 Å². The van der Waals surface area contributed by atoms with Crippen molar-refractivity contribution in [3.8, 4) is 23.8 Å². The first kappa shape index (κ1) is 15.9. The molecule has 0 bridgehead atoms. The van der Waals surface area contributed by atoms with Crippen LogP contribution in [0.4, 0.5) is 0 Å². The van der Waals surface area contributed by atoms with Crippen molar-refractivity contribution in [1.82, 2.24) is 0 Å². The van der Waals surface area contributed by atoms with Gasteiger partial charge in [-0.2, -0.15) is 0 Å².